The van der Waals surface area contributed by atoms with Crippen molar-refractivity contribution in [1.82, 2.24) is 4.98 Å². The molecule has 0 bridgehead atoms. The number of thiazole rings is 1. The molecule has 106 valence electrons. The first-order valence-electron chi connectivity index (χ1n) is 6.25. The lowest BCUT2D eigenvalue weighted by atomic mass is 10.2. The molecule has 2 heterocycles. The third-order valence-corrected chi connectivity index (χ3v) is 4.45. The maximum atomic E-state index is 12.2. The number of nitrogens with zero attached hydrogens (tertiary/aromatic N) is 1. The molecule has 0 aliphatic heterocycles. The first kappa shape index (κ1) is 13.9. The van der Waals surface area contributed by atoms with E-state index in [1.165, 1.54) is 11.3 Å². The number of carbonyl (C=O) groups excluding carboxylic acids is 1. The minimum absolute atomic E-state index is 0.0529. The first-order valence-corrected chi connectivity index (χ1v) is 8.08. The molecule has 0 saturated carbocycles. The molecule has 0 aliphatic carbocycles. The number of thiophene rings is 1. The summed E-state index contributed by atoms with van der Waals surface area (Å²) in [6.45, 7) is -0.0529. The molecule has 3 aromatic rings. The Morgan fingerprint density at radius 2 is 2.19 bits per heavy atom. The molecule has 4 nitrogen and oxygen atoms in total. The van der Waals surface area contributed by atoms with Gasteiger partial charge in [-0.2, -0.15) is 11.3 Å². The summed E-state index contributed by atoms with van der Waals surface area (Å²) in [6.07, 6.45) is 0. The van der Waals surface area contributed by atoms with Crippen LogP contribution in [0.3, 0.4) is 0 Å². The Balaban J connectivity index is 1.76. The molecule has 0 radical (unpaired) electrons. The number of aromatic nitrogens is 1. The van der Waals surface area contributed by atoms with Gasteiger partial charge in [0.15, 0.2) is 0 Å². The van der Waals surface area contributed by atoms with Crippen LogP contribution in [0.4, 0.5) is 5.69 Å². The van der Waals surface area contributed by atoms with Gasteiger partial charge in [0.05, 0.1) is 6.61 Å². The van der Waals surface area contributed by atoms with Crippen molar-refractivity contribution in [1.29, 1.82) is 0 Å². The molecule has 1 amide bonds. The SMILES string of the molecule is O=C(Nc1cccc(CO)c1)c1csc(-c2ccsc2)n1. The number of carbonyl (C=O) groups is 1. The second kappa shape index (κ2) is 6.17. The van der Waals surface area contributed by atoms with Crippen molar-refractivity contribution in [3.8, 4) is 10.6 Å². The van der Waals surface area contributed by atoms with E-state index in [0.29, 0.717) is 11.4 Å². The van der Waals surface area contributed by atoms with Gasteiger partial charge >= 0.3 is 0 Å². The van der Waals surface area contributed by atoms with Gasteiger partial charge in [0, 0.05) is 22.0 Å². The fourth-order valence-electron chi connectivity index (χ4n) is 1.84. The van der Waals surface area contributed by atoms with Crippen LogP contribution >= 0.6 is 22.7 Å². The van der Waals surface area contributed by atoms with E-state index in [1.807, 2.05) is 16.8 Å². The van der Waals surface area contributed by atoms with Crippen LogP contribution in [-0.2, 0) is 6.61 Å². The lowest BCUT2D eigenvalue weighted by Gasteiger charge is -2.04. The van der Waals surface area contributed by atoms with Crippen molar-refractivity contribution in [2.75, 3.05) is 5.32 Å². The number of amides is 1. The standard InChI is InChI=1S/C15H12N2O2S2/c18-7-10-2-1-3-12(6-10)16-14(19)13-9-21-15(17-13)11-4-5-20-8-11/h1-6,8-9,18H,7H2,(H,16,19). The van der Waals surface area contributed by atoms with Crippen molar-refractivity contribution in [2.24, 2.45) is 0 Å². The number of aliphatic hydroxyl groups is 1. The zero-order valence-corrected chi connectivity index (χ0v) is 12.6. The van der Waals surface area contributed by atoms with E-state index in [1.54, 1.807) is 41.0 Å². The Kier molecular flexibility index (Phi) is 4.10. The molecular weight excluding hydrogens is 304 g/mol. The maximum Gasteiger partial charge on any atom is 0.275 e. The van der Waals surface area contributed by atoms with Crippen LogP contribution in [0.5, 0.6) is 0 Å². The van der Waals surface area contributed by atoms with E-state index in [2.05, 4.69) is 10.3 Å². The van der Waals surface area contributed by atoms with E-state index in [-0.39, 0.29) is 12.5 Å². The van der Waals surface area contributed by atoms with Crippen LogP contribution in [0.2, 0.25) is 0 Å². The van der Waals surface area contributed by atoms with Gasteiger partial charge in [-0.3, -0.25) is 4.79 Å². The van der Waals surface area contributed by atoms with Gasteiger partial charge in [0.25, 0.3) is 5.91 Å². The average Bonchev–Trinajstić information content (AvgIpc) is 3.18. The number of hydrogen-bond acceptors (Lipinski definition) is 5. The Hall–Kier alpha value is -2.02. The van der Waals surface area contributed by atoms with Crippen molar-refractivity contribution in [3.05, 3.63) is 57.7 Å². The Labute approximate surface area is 129 Å². The number of aliphatic hydroxyl groups excluding tert-OH is 1. The van der Waals surface area contributed by atoms with Crippen molar-refractivity contribution in [3.63, 3.8) is 0 Å². The molecule has 2 N–H and O–H groups in total. The van der Waals surface area contributed by atoms with Gasteiger partial charge in [-0.15, -0.1) is 11.3 Å². The second-order valence-electron chi connectivity index (χ2n) is 4.36. The first-order chi connectivity index (χ1) is 10.3. The average molecular weight is 316 g/mol. The van der Waals surface area contributed by atoms with Gasteiger partial charge in [-0.1, -0.05) is 12.1 Å². The van der Waals surface area contributed by atoms with Gasteiger partial charge < -0.3 is 10.4 Å². The smallest absolute Gasteiger partial charge is 0.275 e. The minimum Gasteiger partial charge on any atom is -0.392 e. The lowest BCUT2D eigenvalue weighted by Crippen LogP contribution is -2.12. The Morgan fingerprint density at radius 1 is 1.29 bits per heavy atom. The van der Waals surface area contributed by atoms with Crippen LogP contribution in [-0.4, -0.2) is 16.0 Å². The van der Waals surface area contributed by atoms with Crippen LogP contribution < -0.4 is 5.32 Å². The zero-order chi connectivity index (χ0) is 14.7. The summed E-state index contributed by atoms with van der Waals surface area (Å²) >= 11 is 3.05. The lowest BCUT2D eigenvalue weighted by molar-refractivity contribution is 0.102. The molecule has 0 aliphatic rings. The van der Waals surface area contributed by atoms with Crippen LogP contribution in [0, 0.1) is 0 Å². The van der Waals surface area contributed by atoms with E-state index in [9.17, 15) is 4.79 Å². The van der Waals surface area contributed by atoms with Crippen LogP contribution in [0.1, 0.15) is 16.1 Å². The molecular formula is C15H12N2O2S2. The van der Waals surface area contributed by atoms with E-state index in [0.717, 1.165) is 16.1 Å². The van der Waals surface area contributed by atoms with Gasteiger partial charge in [0.1, 0.15) is 10.7 Å². The highest BCUT2D eigenvalue weighted by Crippen LogP contribution is 2.26. The highest BCUT2D eigenvalue weighted by Gasteiger charge is 2.12. The molecule has 0 fully saturated rings. The third-order valence-electron chi connectivity index (χ3n) is 2.87. The molecule has 0 unspecified atom stereocenters. The Morgan fingerprint density at radius 3 is 2.95 bits per heavy atom. The molecule has 21 heavy (non-hydrogen) atoms. The van der Waals surface area contributed by atoms with Crippen LogP contribution in [0.25, 0.3) is 10.6 Å². The van der Waals surface area contributed by atoms with Crippen molar-refractivity contribution in [2.45, 2.75) is 6.61 Å². The van der Waals surface area contributed by atoms with Crippen LogP contribution in [0.15, 0.2) is 46.5 Å². The molecule has 0 spiro atoms. The predicted molar refractivity (Wildman–Crippen MR) is 85.7 cm³/mol. The zero-order valence-electron chi connectivity index (χ0n) is 10.9. The quantitative estimate of drug-likeness (QED) is 0.773. The van der Waals surface area contributed by atoms with Gasteiger partial charge in [-0.05, 0) is 29.1 Å². The Bertz CT molecular complexity index is 751. The van der Waals surface area contributed by atoms with E-state index in [4.69, 9.17) is 5.11 Å². The molecule has 0 saturated heterocycles. The molecule has 1 aromatic carbocycles. The normalized spacial score (nSPS) is 10.5. The third kappa shape index (κ3) is 3.18. The number of rotatable bonds is 4. The van der Waals surface area contributed by atoms with Gasteiger partial charge in [0.2, 0.25) is 0 Å². The largest absolute Gasteiger partial charge is 0.392 e. The molecule has 0 atom stereocenters. The molecule has 3 rings (SSSR count). The monoisotopic (exact) mass is 316 g/mol. The number of anilines is 1. The summed E-state index contributed by atoms with van der Waals surface area (Å²) in [6, 6.07) is 9.09. The summed E-state index contributed by atoms with van der Waals surface area (Å²) in [7, 11) is 0. The number of benzene rings is 1. The minimum atomic E-state index is -0.247. The fourth-order valence-corrected chi connectivity index (χ4v) is 3.35. The number of nitrogens with one attached hydrogen (secondary N) is 1. The van der Waals surface area contributed by atoms with Crippen molar-refractivity contribution < 1.29 is 9.90 Å². The highest BCUT2D eigenvalue weighted by molar-refractivity contribution is 7.14. The van der Waals surface area contributed by atoms with Crippen molar-refractivity contribution >= 4 is 34.3 Å². The van der Waals surface area contributed by atoms with E-state index < -0.39 is 0 Å². The summed E-state index contributed by atoms with van der Waals surface area (Å²) in [4.78, 5) is 16.5. The van der Waals surface area contributed by atoms with Gasteiger partial charge in [-0.25, -0.2) is 4.98 Å². The fraction of sp³-hybridized carbons (Fsp3) is 0.0667. The molecule has 2 aromatic heterocycles. The van der Waals surface area contributed by atoms with E-state index >= 15 is 0 Å². The highest BCUT2D eigenvalue weighted by atomic mass is 32.1. The summed E-state index contributed by atoms with van der Waals surface area (Å²) in [5.41, 5.74) is 2.84. The summed E-state index contributed by atoms with van der Waals surface area (Å²) in [5.74, 6) is -0.247. The number of hydrogen-bond donors (Lipinski definition) is 2. The summed E-state index contributed by atoms with van der Waals surface area (Å²) in [5, 5.41) is 18.5. The second-order valence-corrected chi connectivity index (χ2v) is 6.00. The summed E-state index contributed by atoms with van der Waals surface area (Å²) < 4.78 is 0. The maximum absolute atomic E-state index is 12.2. The predicted octanol–water partition coefficient (Wildman–Crippen LogP) is 3.62. The molecule has 6 heteroatoms. The topological polar surface area (TPSA) is 62.2 Å².